The molecule has 7 nitrogen and oxygen atoms in total. The second kappa shape index (κ2) is 10.4. The Hall–Kier alpha value is -3.19. The molecule has 3 heterocycles. The Morgan fingerprint density at radius 1 is 1.11 bits per heavy atom. The smallest absolute Gasteiger partial charge is 0.409 e. The fourth-order valence-corrected chi connectivity index (χ4v) is 5.48. The van der Waals surface area contributed by atoms with E-state index in [1.807, 2.05) is 37.4 Å². The standard InChI is InChI=1S/C28H31ClN4O3/c1-3-14-36-28(35)33-12-10-32(11-13-33)27(34)20-5-7-22-25(17-20)31-24-16-19(4-6-21(24)26(22)29)23-15-18(2)8-9-30-23/h5,7-9,15,17,19H,3-4,6,10-14,16H2,1-2H3. The van der Waals surface area contributed by atoms with E-state index in [0.29, 0.717) is 44.3 Å². The van der Waals surface area contributed by atoms with E-state index in [0.717, 1.165) is 58.6 Å². The number of carbonyl (C=O) groups excluding carboxylic acids is 2. The minimum absolute atomic E-state index is 0.0593. The van der Waals surface area contributed by atoms with Crippen LogP contribution in [0.5, 0.6) is 0 Å². The zero-order valence-electron chi connectivity index (χ0n) is 20.8. The number of fused-ring (bicyclic) bond motifs is 2. The fraction of sp³-hybridized carbons (Fsp3) is 0.429. The highest BCUT2D eigenvalue weighted by atomic mass is 35.5. The molecule has 1 aromatic carbocycles. The molecule has 5 rings (SSSR count). The quantitative estimate of drug-likeness (QED) is 0.488. The first kappa shape index (κ1) is 24.5. The summed E-state index contributed by atoms with van der Waals surface area (Å²) in [5.74, 6) is 0.250. The number of carbonyl (C=O) groups is 2. The van der Waals surface area contributed by atoms with Gasteiger partial charge in [0.1, 0.15) is 0 Å². The van der Waals surface area contributed by atoms with E-state index in [2.05, 4.69) is 18.0 Å². The molecule has 1 atom stereocenters. The molecule has 1 aliphatic heterocycles. The van der Waals surface area contributed by atoms with Gasteiger partial charge in [-0.25, -0.2) is 4.79 Å². The number of pyridine rings is 2. The van der Waals surface area contributed by atoms with Crippen molar-refractivity contribution >= 4 is 34.5 Å². The lowest BCUT2D eigenvalue weighted by Gasteiger charge is -2.34. The van der Waals surface area contributed by atoms with Crippen LogP contribution in [0.25, 0.3) is 10.9 Å². The SMILES string of the molecule is CCCOC(=O)N1CCN(C(=O)c2ccc3c(Cl)c4c(nc3c2)CC(c2cc(C)ccn2)CC4)CC1. The highest BCUT2D eigenvalue weighted by Crippen LogP contribution is 2.38. The molecule has 3 aromatic rings. The van der Waals surface area contributed by atoms with Crippen LogP contribution in [0.1, 0.15) is 58.6 Å². The molecular formula is C28H31ClN4O3. The van der Waals surface area contributed by atoms with Crippen LogP contribution in [0.3, 0.4) is 0 Å². The minimum Gasteiger partial charge on any atom is -0.449 e. The Kier molecular flexibility index (Phi) is 7.10. The third-order valence-corrected chi connectivity index (χ3v) is 7.57. The molecule has 1 saturated heterocycles. The monoisotopic (exact) mass is 506 g/mol. The third kappa shape index (κ3) is 4.89. The van der Waals surface area contributed by atoms with Crippen molar-refractivity contribution in [3.8, 4) is 0 Å². The number of hydrogen-bond acceptors (Lipinski definition) is 5. The summed E-state index contributed by atoms with van der Waals surface area (Å²) in [7, 11) is 0. The molecule has 1 unspecified atom stereocenters. The van der Waals surface area contributed by atoms with Crippen LogP contribution in [0, 0.1) is 6.92 Å². The first-order chi connectivity index (χ1) is 17.4. The van der Waals surface area contributed by atoms with E-state index in [1.165, 1.54) is 5.56 Å². The molecule has 2 aliphatic rings. The average molecular weight is 507 g/mol. The van der Waals surface area contributed by atoms with Crippen LogP contribution in [-0.4, -0.2) is 64.6 Å². The van der Waals surface area contributed by atoms with Gasteiger partial charge in [-0.1, -0.05) is 24.6 Å². The lowest BCUT2D eigenvalue weighted by Crippen LogP contribution is -2.50. The topological polar surface area (TPSA) is 75.6 Å². The Bertz CT molecular complexity index is 1300. The van der Waals surface area contributed by atoms with Gasteiger partial charge in [0.15, 0.2) is 0 Å². The number of nitrogens with zero attached hydrogens (tertiary/aromatic N) is 4. The van der Waals surface area contributed by atoms with Crippen molar-refractivity contribution in [1.82, 2.24) is 19.8 Å². The molecular weight excluding hydrogens is 476 g/mol. The van der Waals surface area contributed by atoms with E-state index < -0.39 is 0 Å². The summed E-state index contributed by atoms with van der Waals surface area (Å²) >= 11 is 6.84. The number of benzene rings is 1. The second-order valence-corrected chi connectivity index (χ2v) is 10.1. The van der Waals surface area contributed by atoms with Gasteiger partial charge in [-0.3, -0.25) is 14.8 Å². The van der Waals surface area contributed by atoms with Crippen molar-refractivity contribution < 1.29 is 14.3 Å². The van der Waals surface area contributed by atoms with Crippen LogP contribution >= 0.6 is 11.6 Å². The number of halogens is 1. The molecule has 0 radical (unpaired) electrons. The predicted octanol–water partition coefficient (Wildman–Crippen LogP) is 5.17. The predicted molar refractivity (Wildman–Crippen MR) is 140 cm³/mol. The first-order valence-electron chi connectivity index (χ1n) is 12.7. The maximum Gasteiger partial charge on any atom is 0.409 e. The molecule has 0 spiro atoms. The van der Waals surface area contributed by atoms with Gasteiger partial charge >= 0.3 is 6.09 Å². The molecule has 1 fully saturated rings. The second-order valence-electron chi connectivity index (χ2n) is 9.67. The van der Waals surface area contributed by atoms with Crippen LogP contribution in [0.15, 0.2) is 36.5 Å². The van der Waals surface area contributed by atoms with Gasteiger partial charge < -0.3 is 14.5 Å². The summed E-state index contributed by atoms with van der Waals surface area (Å²) in [5.41, 5.74) is 5.73. The van der Waals surface area contributed by atoms with Gasteiger partial charge in [-0.05, 0) is 68.0 Å². The zero-order chi connectivity index (χ0) is 25.2. The highest BCUT2D eigenvalue weighted by Gasteiger charge is 2.28. The van der Waals surface area contributed by atoms with Crippen molar-refractivity contribution in [1.29, 1.82) is 0 Å². The maximum atomic E-state index is 13.3. The molecule has 0 N–H and O–H groups in total. The van der Waals surface area contributed by atoms with Crippen molar-refractivity contribution in [2.75, 3.05) is 32.8 Å². The number of ether oxygens (including phenoxy) is 1. The van der Waals surface area contributed by atoms with Crippen LogP contribution in [0.4, 0.5) is 4.79 Å². The number of amides is 2. The normalized spacial score (nSPS) is 17.7. The fourth-order valence-electron chi connectivity index (χ4n) is 5.11. The molecule has 0 bridgehead atoms. The summed E-state index contributed by atoms with van der Waals surface area (Å²) in [4.78, 5) is 38.4. The summed E-state index contributed by atoms with van der Waals surface area (Å²) in [6.45, 7) is 6.34. The molecule has 1 aliphatic carbocycles. The number of hydrogen-bond donors (Lipinski definition) is 0. The minimum atomic E-state index is -0.308. The number of aromatic nitrogens is 2. The van der Waals surface area contributed by atoms with Crippen molar-refractivity contribution in [3.05, 3.63) is 69.6 Å². The third-order valence-electron chi connectivity index (χ3n) is 7.14. The van der Waals surface area contributed by atoms with Crippen molar-refractivity contribution in [3.63, 3.8) is 0 Å². The number of aryl methyl sites for hydroxylation is 1. The van der Waals surface area contributed by atoms with Crippen molar-refractivity contribution in [2.45, 2.75) is 45.4 Å². The highest BCUT2D eigenvalue weighted by molar-refractivity contribution is 6.36. The lowest BCUT2D eigenvalue weighted by molar-refractivity contribution is 0.0560. The van der Waals surface area contributed by atoms with Crippen LogP contribution in [0.2, 0.25) is 5.02 Å². The van der Waals surface area contributed by atoms with Gasteiger partial charge in [-0.2, -0.15) is 0 Å². The van der Waals surface area contributed by atoms with Gasteiger partial charge in [0.2, 0.25) is 0 Å². The van der Waals surface area contributed by atoms with Gasteiger partial charge in [0.05, 0.1) is 17.1 Å². The first-order valence-corrected chi connectivity index (χ1v) is 13.1. The van der Waals surface area contributed by atoms with Crippen molar-refractivity contribution in [2.24, 2.45) is 0 Å². The Balaban J connectivity index is 1.34. The van der Waals surface area contributed by atoms with Gasteiger partial charge in [0, 0.05) is 60.6 Å². The number of piperazine rings is 1. The summed E-state index contributed by atoms with van der Waals surface area (Å²) in [6.07, 6.45) is 4.99. The zero-order valence-corrected chi connectivity index (χ0v) is 21.6. The molecule has 2 aromatic heterocycles. The molecule has 188 valence electrons. The Morgan fingerprint density at radius 2 is 1.89 bits per heavy atom. The average Bonchev–Trinajstić information content (AvgIpc) is 2.91. The van der Waals surface area contributed by atoms with Gasteiger partial charge in [-0.15, -0.1) is 0 Å². The van der Waals surface area contributed by atoms with E-state index >= 15 is 0 Å². The van der Waals surface area contributed by atoms with Crippen LogP contribution < -0.4 is 0 Å². The van der Waals surface area contributed by atoms with Crippen LogP contribution in [-0.2, 0) is 17.6 Å². The summed E-state index contributed by atoms with van der Waals surface area (Å²) < 4.78 is 5.22. The molecule has 2 amide bonds. The lowest BCUT2D eigenvalue weighted by atomic mass is 9.83. The van der Waals surface area contributed by atoms with E-state index in [4.69, 9.17) is 21.3 Å². The summed E-state index contributed by atoms with van der Waals surface area (Å²) in [6, 6.07) is 9.75. The Labute approximate surface area is 216 Å². The maximum absolute atomic E-state index is 13.3. The summed E-state index contributed by atoms with van der Waals surface area (Å²) in [5, 5.41) is 1.62. The molecule has 0 saturated carbocycles. The molecule has 8 heteroatoms. The number of rotatable bonds is 4. The van der Waals surface area contributed by atoms with Gasteiger partial charge in [0.25, 0.3) is 5.91 Å². The van der Waals surface area contributed by atoms with E-state index in [9.17, 15) is 9.59 Å². The Morgan fingerprint density at radius 3 is 2.64 bits per heavy atom. The van der Waals surface area contributed by atoms with E-state index in [1.54, 1.807) is 9.80 Å². The largest absolute Gasteiger partial charge is 0.449 e. The molecule has 36 heavy (non-hydrogen) atoms. The van der Waals surface area contributed by atoms with E-state index in [-0.39, 0.29) is 12.0 Å².